The summed E-state index contributed by atoms with van der Waals surface area (Å²) in [5.74, 6) is 0. The van der Waals surface area contributed by atoms with Crippen molar-refractivity contribution in [3.8, 4) is 22.5 Å². The van der Waals surface area contributed by atoms with E-state index in [1.165, 1.54) is 12.1 Å². The molecule has 3 aromatic rings. The first-order valence-electron chi connectivity index (χ1n) is 6.42. The summed E-state index contributed by atoms with van der Waals surface area (Å²) in [6, 6.07) is 20.4. The van der Waals surface area contributed by atoms with Gasteiger partial charge in [-0.1, -0.05) is 42.5 Å². The summed E-state index contributed by atoms with van der Waals surface area (Å²) in [5, 5.41) is 5.09. The molecule has 106 valence electrons. The van der Waals surface area contributed by atoms with Crippen molar-refractivity contribution in [3.05, 3.63) is 66.7 Å². The van der Waals surface area contributed by atoms with E-state index in [9.17, 15) is 8.42 Å². The van der Waals surface area contributed by atoms with Crippen molar-refractivity contribution in [1.29, 1.82) is 0 Å². The van der Waals surface area contributed by atoms with Crippen LogP contribution in [-0.4, -0.2) is 13.4 Å². The second-order valence-corrected chi connectivity index (χ2v) is 6.28. The summed E-state index contributed by atoms with van der Waals surface area (Å²) >= 11 is 0. The monoisotopic (exact) mass is 298 g/mol. The average Bonchev–Trinajstić information content (AvgIpc) is 2.97. The molecule has 1 heterocycles. The van der Waals surface area contributed by atoms with Crippen molar-refractivity contribution >= 4 is 10.0 Å². The van der Waals surface area contributed by atoms with Crippen LogP contribution in [0.2, 0.25) is 0 Å². The fourth-order valence-electron chi connectivity index (χ4n) is 2.17. The van der Waals surface area contributed by atoms with Crippen molar-refractivity contribution in [2.24, 2.45) is 5.14 Å². The topological polar surface area (TPSA) is 76.0 Å². The minimum Gasteiger partial charge on any atom is -0.355 e. The average molecular weight is 298 g/mol. The van der Waals surface area contributed by atoms with E-state index < -0.39 is 10.0 Å². The zero-order valence-electron chi connectivity index (χ0n) is 11.2. The molecule has 4 nitrogen and oxygen atoms in total. The molecule has 0 saturated carbocycles. The highest BCUT2D eigenvalue weighted by molar-refractivity contribution is 7.89. The fourth-order valence-corrected chi connectivity index (χ4v) is 2.69. The Morgan fingerprint density at radius 2 is 1.24 bits per heavy atom. The van der Waals surface area contributed by atoms with E-state index in [0.717, 1.165) is 22.5 Å². The second-order valence-electron chi connectivity index (χ2n) is 4.72. The van der Waals surface area contributed by atoms with E-state index in [1.807, 2.05) is 42.5 Å². The van der Waals surface area contributed by atoms with Crippen LogP contribution in [0.1, 0.15) is 0 Å². The molecule has 3 N–H and O–H groups in total. The Morgan fingerprint density at radius 1 is 0.714 bits per heavy atom. The van der Waals surface area contributed by atoms with E-state index in [-0.39, 0.29) is 4.90 Å². The number of sulfonamides is 1. The quantitative estimate of drug-likeness (QED) is 0.780. The van der Waals surface area contributed by atoms with Gasteiger partial charge in [-0.05, 0) is 35.4 Å². The van der Waals surface area contributed by atoms with Crippen LogP contribution in [0, 0.1) is 0 Å². The Hall–Kier alpha value is -2.37. The maximum absolute atomic E-state index is 11.2. The molecule has 2 aromatic carbocycles. The zero-order chi connectivity index (χ0) is 14.9. The highest BCUT2D eigenvalue weighted by atomic mass is 32.2. The first-order chi connectivity index (χ1) is 10.0. The van der Waals surface area contributed by atoms with Gasteiger partial charge in [0.2, 0.25) is 10.0 Å². The van der Waals surface area contributed by atoms with Crippen LogP contribution in [-0.2, 0) is 10.0 Å². The van der Waals surface area contributed by atoms with Gasteiger partial charge in [-0.2, -0.15) is 0 Å². The number of nitrogens with two attached hydrogens (primary N) is 1. The van der Waals surface area contributed by atoms with Gasteiger partial charge in [0, 0.05) is 11.4 Å². The van der Waals surface area contributed by atoms with Crippen molar-refractivity contribution in [1.82, 2.24) is 4.98 Å². The Labute approximate surface area is 123 Å². The minimum absolute atomic E-state index is 0.112. The van der Waals surface area contributed by atoms with Gasteiger partial charge in [-0.15, -0.1) is 0 Å². The van der Waals surface area contributed by atoms with Crippen LogP contribution in [0.5, 0.6) is 0 Å². The molecular weight excluding hydrogens is 284 g/mol. The molecule has 0 saturated heterocycles. The van der Waals surface area contributed by atoms with Gasteiger partial charge in [0.25, 0.3) is 0 Å². The number of hydrogen-bond acceptors (Lipinski definition) is 2. The van der Waals surface area contributed by atoms with E-state index >= 15 is 0 Å². The number of aromatic nitrogens is 1. The molecule has 3 rings (SSSR count). The molecule has 0 aliphatic rings. The number of nitrogens with one attached hydrogen (secondary N) is 1. The van der Waals surface area contributed by atoms with Crippen LogP contribution in [0.4, 0.5) is 0 Å². The Balaban J connectivity index is 1.94. The molecule has 0 radical (unpaired) electrons. The Morgan fingerprint density at radius 3 is 1.76 bits per heavy atom. The number of H-pyrrole nitrogens is 1. The molecular formula is C16H14N2O2S. The largest absolute Gasteiger partial charge is 0.355 e. The maximum atomic E-state index is 11.2. The molecule has 0 fully saturated rings. The summed E-state index contributed by atoms with van der Waals surface area (Å²) in [6.45, 7) is 0. The minimum atomic E-state index is -3.65. The van der Waals surface area contributed by atoms with Gasteiger partial charge in [-0.3, -0.25) is 0 Å². The maximum Gasteiger partial charge on any atom is 0.238 e. The standard InChI is InChI=1S/C16H14N2O2S/c17-21(19,20)14-8-6-13(7-9-14)16-11-10-15(18-16)12-4-2-1-3-5-12/h1-11,18H,(H2,17,19,20). The Bertz CT molecular complexity index is 851. The van der Waals surface area contributed by atoms with Gasteiger partial charge in [0.15, 0.2) is 0 Å². The first kappa shape index (κ1) is 13.6. The second kappa shape index (κ2) is 5.20. The number of hydrogen-bond donors (Lipinski definition) is 2. The third kappa shape index (κ3) is 2.89. The number of rotatable bonds is 3. The van der Waals surface area contributed by atoms with Crippen molar-refractivity contribution in [2.45, 2.75) is 4.90 Å². The number of primary sulfonamides is 1. The summed E-state index contributed by atoms with van der Waals surface area (Å²) in [5.41, 5.74) is 3.95. The van der Waals surface area contributed by atoms with E-state index in [2.05, 4.69) is 4.98 Å². The molecule has 0 spiro atoms. The Kier molecular flexibility index (Phi) is 3.37. The van der Waals surface area contributed by atoms with Gasteiger partial charge >= 0.3 is 0 Å². The van der Waals surface area contributed by atoms with Crippen LogP contribution in [0.3, 0.4) is 0 Å². The summed E-state index contributed by atoms with van der Waals surface area (Å²) in [4.78, 5) is 3.44. The lowest BCUT2D eigenvalue weighted by Gasteiger charge is -2.02. The van der Waals surface area contributed by atoms with Crippen LogP contribution >= 0.6 is 0 Å². The smallest absolute Gasteiger partial charge is 0.238 e. The van der Waals surface area contributed by atoms with E-state index in [0.29, 0.717) is 0 Å². The van der Waals surface area contributed by atoms with Crippen molar-refractivity contribution in [3.63, 3.8) is 0 Å². The van der Waals surface area contributed by atoms with Gasteiger partial charge < -0.3 is 4.98 Å². The molecule has 0 aliphatic carbocycles. The molecule has 0 aliphatic heterocycles. The zero-order valence-corrected chi connectivity index (χ0v) is 12.0. The summed E-state index contributed by atoms with van der Waals surface area (Å²) < 4.78 is 22.5. The number of benzene rings is 2. The van der Waals surface area contributed by atoms with Gasteiger partial charge in [0.05, 0.1) is 4.90 Å². The molecule has 0 bridgehead atoms. The van der Waals surface area contributed by atoms with Crippen LogP contribution < -0.4 is 5.14 Å². The van der Waals surface area contributed by atoms with Crippen LogP contribution in [0.15, 0.2) is 71.6 Å². The predicted octanol–water partition coefficient (Wildman–Crippen LogP) is 3.00. The molecule has 1 aromatic heterocycles. The van der Waals surface area contributed by atoms with E-state index in [4.69, 9.17) is 5.14 Å². The summed E-state index contributed by atoms with van der Waals surface area (Å²) in [6.07, 6.45) is 0. The lowest BCUT2D eigenvalue weighted by Crippen LogP contribution is -2.11. The highest BCUT2D eigenvalue weighted by Crippen LogP contribution is 2.25. The first-order valence-corrected chi connectivity index (χ1v) is 7.96. The van der Waals surface area contributed by atoms with Crippen molar-refractivity contribution < 1.29 is 8.42 Å². The highest BCUT2D eigenvalue weighted by Gasteiger charge is 2.08. The molecule has 5 heteroatoms. The normalized spacial score (nSPS) is 11.5. The molecule has 0 atom stereocenters. The van der Waals surface area contributed by atoms with Gasteiger partial charge in [-0.25, -0.2) is 13.6 Å². The lowest BCUT2D eigenvalue weighted by atomic mass is 10.1. The molecule has 0 amide bonds. The van der Waals surface area contributed by atoms with Crippen LogP contribution in [0.25, 0.3) is 22.5 Å². The van der Waals surface area contributed by atoms with Crippen molar-refractivity contribution in [2.75, 3.05) is 0 Å². The predicted molar refractivity (Wildman–Crippen MR) is 83.0 cm³/mol. The lowest BCUT2D eigenvalue weighted by molar-refractivity contribution is 0.598. The van der Waals surface area contributed by atoms with Gasteiger partial charge in [0.1, 0.15) is 0 Å². The van der Waals surface area contributed by atoms with E-state index in [1.54, 1.807) is 12.1 Å². The molecule has 0 unspecified atom stereocenters. The summed E-state index contributed by atoms with van der Waals surface area (Å²) in [7, 11) is -3.65. The third-order valence-electron chi connectivity index (χ3n) is 3.26. The third-order valence-corrected chi connectivity index (χ3v) is 4.19. The fraction of sp³-hybridized carbons (Fsp3) is 0. The molecule has 21 heavy (non-hydrogen) atoms. The SMILES string of the molecule is NS(=O)(=O)c1ccc(-c2ccc(-c3ccccc3)[nH]2)cc1. The number of aromatic amines is 1.